The Hall–Kier alpha value is -0.870. The molecule has 1 aliphatic heterocycles. The molecule has 1 fully saturated rings. The first-order valence-corrected chi connectivity index (χ1v) is 5.54. The van der Waals surface area contributed by atoms with Gasteiger partial charge < -0.3 is 14.9 Å². The van der Waals surface area contributed by atoms with E-state index in [1.54, 1.807) is 6.26 Å². The molecule has 2 heterocycles. The summed E-state index contributed by atoms with van der Waals surface area (Å²) in [5.41, 5.74) is 6.56. The molecule has 2 rings (SSSR count). The molecule has 0 aromatic carbocycles. The molecule has 1 saturated heterocycles. The Morgan fingerprint density at radius 2 is 2.27 bits per heavy atom. The van der Waals surface area contributed by atoms with Crippen LogP contribution in [-0.2, 0) is 4.74 Å². The summed E-state index contributed by atoms with van der Waals surface area (Å²) in [5, 5.41) is 0. The van der Waals surface area contributed by atoms with Crippen molar-refractivity contribution in [1.82, 2.24) is 4.98 Å². The molecule has 2 N–H and O–H groups in total. The van der Waals surface area contributed by atoms with Crippen molar-refractivity contribution < 1.29 is 9.15 Å². The highest BCUT2D eigenvalue weighted by Gasteiger charge is 2.21. The van der Waals surface area contributed by atoms with E-state index >= 15 is 0 Å². The Morgan fingerprint density at radius 1 is 1.53 bits per heavy atom. The lowest BCUT2D eigenvalue weighted by molar-refractivity contribution is 0.0794. The maximum Gasteiger partial charge on any atom is 0.197 e. The van der Waals surface area contributed by atoms with Gasteiger partial charge in [-0.1, -0.05) is 6.92 Å². The Kier molecular flexibility index (Phi) is 3.38. The van der Waals surface area contributed by atoms with Gasteiger partial charge in [-0.3, -0.25) is 0 Å². The van der Waals surface area contributed by atoms with Crippen LogP contribution in [-0.4, -0.2) is 24.7 Å². The third-order valence-electron chi connectivity index (χ3n) is 2.97. The highest BCUT2D eigenvalue weighted by molar-refractivity contribution is 5.06. The van der Waals surface area contributed by atoms with Gasteiger partial charge in [-0.15, -0.1) is 0 Å². The van der Waals surface area contributed by atoms with Crippen LogP contribution in [0.2, 0.25) is 0 Å². The third kappa shape index (κ3) is 2.38. The second-order valence-electron chi connectivity index (χ2n) is 4.13. The van der Waals surface area contributed by atoms with Gasteiger partial charge in [0.05, 0.1) is 5.69 Å². The number of hydrogen-bond acceptors (Lipinski definition) is 4. The van der Waals surface area contributed by atoms with Crippen molar-refractivity contribution in [1.29, 1.82) is 0 Å². The number of hydrogen-bond donors (Lipinski definition) is 1. The molecular formula is C11H18N2O2. The van der Waals surface area contributed by atoms with Crippen molar-refractivity contribution >= 4 is 0 Å². The third-order valence-corrected chi connectivity index (χ3v) is 2.97. The lowest BCUT2D eigenvalue weighted by Crippen LogP contribution is -2.14. The Bertz CT molecular complexity index is 305. The Morgan fingerprint density at radius 3 is 2.93 bits per heavy atom. The number of oxazole rings is 1. The van der Waals surface area contributed by atoms with Crippen molar-refractivity contribution in [3.63, 3.8) is 0 Å². The smallest absolute Gasteiger partial charge is 0.197 e. The first kappa shape index (κ1) is 10.6. The zero-order chi connectivity index (χ0) is 10.7. The van der Waals surface area contributed by atoms with Crippen LogP contribution < -0.4 is 5.73 Å². The molecule has 15 heavy (non-hydrogen) atoms. The minimum Gasteiger partial charge on any atom is -0.448 e. The average Bonchev–Trinajstić information content (AvgIpc) is 2.78. The van der Waals surface area contributed by atoms with E-state index in [0.29, 0.717) is 12.5 Å². The van der Waals surface area contributed by atoms with Gasteiger partial charge in [-0.2, -0.15) is 0 Å². The van der Waals surface area contributed by atoms with Crippen LogP contribution in [0, 0.1) is 0 Å². The fourth-order valence-electron chi connectivity index (χ4n) is 1.78. The monoisotopic (exact) mass is 210 g/mol. The first-order chi connectivity index (χ1) is 7.31. The predicted octanol–water partition coefficient (Wildman–Crippen LogP) is 1.63. The Balaban J connectivity index is 2.05. The number of ether oxygens (including phenoxy) is 1. The normalized spacial score (nSPS) is 20.4. The summed E-state index contributed by atoms with van der Waals surface area (Å²) in [7, 11) is 0. The van der Waals surface area contributed by atoms with Gasteiger partial charge in [-0.05, 0) is 12.8 Å². The second-order valence-corrected chi connectivity index (χ2v) is 4.13. The summed E-state index contributed by atoms with van der Waals surface area (Å²) in [6.45, 7) is 4.30. The van der Waals surface area contributed by atoms with Crippen molar-refractivity contribution in [3.8, 4) is 0 Å². The average molecular weight is 210 g/mol. The van der Waals surface area contributed by atoms with Gasteiger partial charge in [0.15, 0.2) is 5.89 Å². The van der Waals surface area contributed by atoms with Crippen molar-refractivity contribution in [2.45, 2.75) is 31.6 Å². The van der Waals surface area contributed by atoms with Crippen LogP contribution in [0.3, 0.4) is 0 Å². The minimum atomic E-state index is 0.280. The molecule has 0 amide bonds. The molecule has 4 nitrogen and oxygen atoms in total. The SMILES string of the molecule is CC(CN)c1coc(C2CCOCC2)n1. The topological polar surface area (TPSA) is 61.3 Å². The van der Waals surface area contributed by atoms with Gasteiger partial charge in [-0.25, -0.2) is 4.98 Å². The van der Waals surface area contributed by atoms with E-state index in [4.69, 9.17) is 14.9 Å². The molecule has 0 aliphatic carbocycles. The number of aromatic nitrogens is 1. The lowest BCUT2D eigenvalue weighted by atomic mass is 10.0. The molecule has 0 saturated carbocycles. The van der Waals surface area contributed by atoms with E-state index in [0.717, 1.165) is 37.6 Å². The largest absolute Gasteiger partial charge is 0.448 e. The molecule has 0 radical (unpaired) electrons. The summed E-state index contributed by atoms with van der Waals surface area (Å²) in [6.07, 6.45) is 3.76. The summed E-state index contributed by atoms with van der Waals surface area (Å²) in [4.78, 5) is 4.50. The molecule has 1 unspecified atom stereocenters. The molecule has 1 aromatic heterocycles. The van der Waals surface area contributed by atoms with Crippen molar-refractivity contribution in [2.24, 2.45) is 5.73 Å². The second kappa shape index (κ2) is 4.77. The van der Waals surface area contributed by atoms with Crippen LogP contribution >= 0.6 is 0 Å². The minimum absolute atomic E-state index is 0.280. The van der Waals surface area contributed by atoms with Gasteiger partial charge in [0.25, 0.3) is 0 Å². The van der Waals surface area contributed by atoms with Crippen molar-refractivity contribution in [3.05, 3.63) is 17.8 Å². The van der Waals surface area contributed by atoms with Crippen LogP contribution in [0.5, 0.6) is 0 Å². The van der Waals surface area contributed by atoms with Gasteiger partial charge in [0.1, 0.15) is 6.26 Å². The fourth-order valence-corrected chi connectivity index (χ4v) is 1.78. The Labute approximate surface area is 89.8 Å². The molecule has 84 valence electrons. The number of rotatable bonds is 3. The fraction of sp³-hybridized carbons (Fsp3) is 0.727. The molecule has 4 heteroatoms. The van der Waals surface area contributed by atoms with E-state index in [2.05, 4.69) is 11.9 Å². The van der Waals surface area contributed by atoms with Crippen LogP contribution in [0.1, 0.15) is 43.2 Å². The predicted molar refractivity (Wildman–Crippen MR) is 56.8 cm³/mol. The van der Waals surface area contributed by atoms with E-state index < -0.39 is 0 Å². The highest BCUT2D eigenvalue weighted by Crippen LogP contribution is 2.27. The van der Waals surface area contributed by atoms with Crippen LogP contribution in [0.4, 0.5) is 0 Å². The zero-order valence-electron chi connectivity index (χ0n) is 9.11. The maximum absolute atomic E-state index is 5.59. The van der Waals surface area contributed by atoms with Crippen LogP contribution in [0.15, 0.2) is 10.7 Å². The van der Waals surface area contributed by atoms with Gasteiger partial charge in [0, 0.05) is 31.6 Å². The summed E-state index contributed by atoms with van der Waals surface area (Å²) >= 11 is 0. The molecule has 0 spiro atoms. The number of nitrogens with two attached hydrogens (primary N) is 1. The molecular weight excluding hydrogens is 192 g/mol. The molecule has 0 bridgehead atoms. The maximum atomic E-state index is 5.59. The van der Waals surface area contributed by atoms with Crippen LogP contribution in [0.25, 0.3) is 0 Å². The first-order valence-electron chi connectivity index (χ1n) is 5.54. The van der Waals surface area contributed by atoms with E-state index in [9.17, 15) is 0 Å². The van der Waals surface area contributed by atoms with Gasteiger partial charge >= 0.3 is 0 Å². The zero-order valence-corrected chi connectivity index (χ0v) is 9.11. The lowest BCUT2D eigenvalue weighted by Gasteiger charge is -2.18. The van der Waals surface area contributed by atoms with E-state index in [1.165, 1.54) is 0 Å². The van der Waals surface area contributed by atoms with E-state index in [1.807, 2.05) is 0 Å². The van der Waals surface area contributed by atoms with Gasteiger partial charge in [0.2, 0.25) is 0 Å². The summed E-state index contributed by atoms with van der Waals surface area (Å²) in [6, 6.07) is 0. The van der Waals surface area contributed by atoms with E-state index in [-0.39, 0.29) is 5.92 Å². The van der Waals surface area contributed by atoms with Crippen molar-refractivity contribution in [2.75, 3.05) is 19.8 Å². The summed E-state index contributed by atoms with van der Waals surface area (Å²) in [5.74, 6) is 1.56. The molecule has 1 aliphatic rings. The summed E-state index contributed by atoms with van der Waals surface area (Å²) < 4.78 is 10.8. The quantitative estimate of drug-likeness (QED) is 0.823. The number of nitrogens with zero attached hydrogens (tertiary/aromatic N) is 1. The highest BCUT2D eigenvalue weighted by atomic mass is 16.5. The standard InChI is InChI=1S/C11H18N2O2/c1-8(6-12)10-7-15-11(13-10)9-2-4-14-5-3-9/h7-9H,2-6,12H2,1H3. The molecule has 1 aromatic rings. The molecule has 1 atom stereocenters.